The van der Waals surface area contributed by atoms with Crippen molar-refractivity contribution in [3.8, 4) is 0 Å². The highest BCUT2D eigenvalue weighted by molar-refractivity contribution is 5.86. The lowest BCUT2D eigenvalue weighted by Gasteiger charge is -2.17. The fraction of sp³-hybridized carbons (Fsp3) is 0.796. The molecule has 67 heavy (non-hydrogen) atoms. The lowest BCUT2D eigenvalue weighted by Crippen LogP contribution is -2.33. The van der Waals surface area contributed by atoms with Crippen LogP contribution in [-0.4, -0.2) is 133 Å². The van der Waals surface area contributed by atoms with Crippen molar-refractivity contribution in [2.24, 2.45) is 11.7 Å². The van der Waals surface area contributed by atoms with Gasteiger partial charge in [-0.2, -0.15) is 0 Å². The average molecular weight is 952 g/mol. The number of carbonyl (C=O) groups excluding carboxylic acids is 5. The van der Waals surface area contributed by atoms with Crippen molar-refractivity contribution < 1.29 is 62.7 Å². The number of rotatable bonds is 50. The molecule has 0 fully saturated rings. The molecule has 1 heterocycles. The number of aromatic amines is 1. The molecule has 0 saturated heterocycles. The van der Waals surface area contributed by atoms with Crippen LogP contribution < -0.4 is 16.4 Å². The standard InChI is InChI=1S/C49H85N5O13/c50-43(35-41-36-51-39-54-41)45(57)26-25-40(44(56)22-17-24-49(62)63)19-15-16-27-52-46(58)37-67-34-32-65-30-28-53-47(59)38-66-33-31-64-29-18-21-42(55)20-13-11-9-7-5-3-1-2-4-6-8-10-12-14-23-48(60)61/h36,39-40,43H,1-35,37-38,50H2,(H,51,54)(H,52,58)(H,53,59)(H,60,61)(H,62,63)/t40-,43+/m1/s1. The van der Waals surface area contributed by atoms with Gasteiger partial charge in [-0.25, -0.2) is 4.98 Å². The van der Waals surface area contributed by atoms with E-state index >= 15 is 0 Å². The maximum atomic E-state index is 12.9. The van der Waals surface area contributed by atoms with Crippen molar-refractivity contribution in [2.45, 2.75) is 179 Å². The molecule has 0 spiro atoms. The number of unbranched alkanes of at least 4 members (excludes halogenated alkanes) is 14. The second kappa shape index (κ2) is 43.2. The van der Waals surface area contributed by atoms with Crippen molar-refractivity contribution in [2.75, 3.05) is 65.9 Å². The zero-order valence-corrected chi connectivity index (χ0v) is 40.4. The molecule has 7 N–H and O–H groups in total. The van der Waals surface area contributed by atoms with Gasteiger partial charge in [-0.05, 0) is 44.9 Å². The average Bonchev–Trinajstić information content (AvgIpc) is 3.81. The lowest BCUT2D eigenvalue weighted by atomic mass is 9.88. The van der Waals surface area contributed by atoms with Crippen LogP contribution in [0.5, 0.6) is 0 Å². The van der Waals surface area contributed by atoms with Gasteiger partial charge in [0.15, 0.2) is 0 Å². The van der Waals surface area contributed by atoms with Crippen molar-refractivity contribution in [1.82, 2.24) is 20.6 Å². The minimum absolute atomic E-state index is 0.0685. The third-order valence-electron chi connectivity index (χ3n) is 11.3. The SMILES string of the molecule is N[C@@H](Cc1cnc[nH]1)C(=O)CC[C@@H](CCCCNC(=O)COCCOCCNC(=O)COCCOCCCC(=O)CCCCCCCCCCCCCCCCC(=O)O)C(=O)CCCC(=O)O. The number of aromatic nitrogens is 2. The van der Waals surface area contributed by atoms with Crippen LogP contribution in [0.2, 0.25) is 0 Å². The van der Waals surface area contributed by atoms with Gasteiger partial charge in [0.25, 0.3) is 0 Å². The Morgan fingerprint density at radius 2 is 1.03 bits per heavy atom. The number of aliphatic carboxylic acids is 2. The molecule has 18 nitrogen and oxygen atoms in total. The van der Waals surface area contributed by atoms with Gasteiger partial charge >= 0.3 is 11.9 Å². The normalized spacial score (nSPS) is 12.1. The van der Waals surface area contributed by atoms with Gasteiger partial charge in [-0.1, -0.05) is 83.5 Å². The van der Waals surface area contributed by atoms with Crippen LogP contribution in [0.25, 0.3) is 0 Å². The molecule has 2 amide bonds. The number of Topliss-reactive ketones (excluding diaryl/α,β-unsaturated/α-hetero) is 3. The predicted molar refractivity (Wildman–Crippen MR) is 253 cm³/mol. The van der Waals surface area contributed by atoms with E-state index in [1.165, 1.54) is 64.1 Å². The molecule has 0 radical (unpaired) electrons. The number of hydrogen-bond donors (Lipinski definition) is 6. The van der Waals surface area contributed by atoms with E-state index in [0.717, 1.165) is 37.8 Å². The Balaban J connectivity index is 1.93. The van der Waals surface area contributed by atoms with Gasteiger partial charge in [0.05, 0.1) is 45.4 Å². The predicted octanol–water partition coefficient (Wildman–Crippen LogP) is 6.21. The van der Waals surface area contributed by atoms with Gasteiger partial charge in [0, 0.05) is 82.5 Å². The summed E-state index contributed by atoms with van der Waals surface area (Å²) in [6.07, 6.45) is 24.3. The minimum Gasteiger partial charge on any atom is -0.481 e. The molecule has 384 valence electrons. The zero-order valence-electron chi connectivity index (χ0n) is 40.4. The highest BCUT2D eigenvalue weighted by Gasteiger charge is 2.22. The number of nitrogens with one attached hydrogen (secondary N) is 3. The molecule has 1 aromatic rings. The van der Waals surface area contributed by atoms with Gasteiger partial charge < -0.3 is 50.5 Å². The molecule has 0 aromatic carbocycles. The largest absolute Gasteiger partial charge is 0.481 e. The zero-order chi connectivity index (χ0) is 49.0. The number of carbonyl (C=O) groups is 7. The Bertz CT molecular complexity index is 1460. The van der Waals surface area contributed by atoms with Crippen LogP contribution in [0.4, 0.5) is 0 Å². The summed E-state index contributed by atoms with van der Waals surface area (Å²) in [5, 5.41) is 23.1. The number of nitrogens with two attached hydrogens (primary N) is 1. The Labute approximate surface area is 398 Å². The molecule has 18 heteroatoms. The molecule has 0 aliphatic heterocycles. The minimum atomic E-state index is -0.962. The molecule has 0 bridgehead atoms. The van der Waals surface area contributed by atoms with Gasteiger partial charge in [-0.15, -0.1) is 0 Å². The molecule has 1 rings (SSSR count). The first-order chi connectivity index (χ1) is 32.5. The number of hydrogen-bond acceptors (Lipinski definition) is 13. The summed E-state index contributed by atoms with van der Waals surface area (Å²) in [5.41, 5.74) is 6.81. The third kappa shape index (κ3) is 39.6. The van der Waals surface area contributed by atoms with Crippen molar-refractivity contribution in [3.05, 3.63) is 18.2 Å². The van der Waals surface area contributed by atoms with E-state index in [9.17, 15) is 33.6 Å². The molecule has 0 aliphatic carbocycles. The van der Waals surface area contributed by atoms with Crippen molar-refractivity contribution in [1.29, 1.82) is 0 Å². The number of carboxylic acids is 2. The van der Waals surface area contributed by atoms with E-state index in [1.807, 2.05) is 0 Å². The number of ether oxygens (including phenoxy) is 4. The first-order valence-corrected chi connectivity index (χ1v) is 25.1. The monoisotopic (exact) mass is 952 g/mol. The molecule has 1 aromatic heterocycles. The van der Waals surface area contributed by atoms with E-state index in [2.05, 4.69) is 20.6 Å². The summed E-state index contributed by atoms with van der Waals surface area (Å²) < 4.78 is 21.7. The summed E-state index contributed by atoms with van der Waals surface area (Å²) in [6.45, 7) is 2.23. The lowest BCUT2D eigenvalue weighted by molar-refractivity contribution is -0.138. The van der Waals surface area contributed by atoms with E-state index in [1.54, 1.807) is 6.20 Å². The maximum Gasteiger partial charge on any atom is 0.303 e. The first kappa shape index (κ1) is 60.9. The number of H-pyrrole nitrogens is 1. The van der Waals surface area contributed by atoms with Crippen LogP contribution in [0.1, 0.15) is 173 Å². The molecule has 2 atom stereocenters. The summed E-state index contributed by atoms with van der Waals surface area (Å²) in [4.78, 5) is 90.1. The molecule has 0 saturated carbocycles. The molecule has 0 unspecified atom stereocenters. The van der Waals surface area contributed by atoms with Crippen molar-refractivity contribution in [3.63, 3.8) is 0 Å². The quantitative estimate of drug-likeness (QED) is 0.0396. The van der Waals surface area contributed by atoms with Gasteiger partial charge in [0.2, 0.25) is 11.8 Å². The second-order valence-electron chi connectivity index (χ2n) is 17.3. The molecular weight excluding hydrogens is 867 g/mol. The number of carboxylic acid groups (broad SMARTS) is 2. The van der Waals surface area contributed by atoms with E-state index in [0.29, 0.717) is 84.1 Å². The maximum absolute atomic E-state index is 12.9. The smallest absolute Gasteiger partial charge is 0.303 e. The fourth-order valence-corrected chi connectivity index (χ4v) is 7.43. The number of ketones is 3. The Morgan fingerprint density at radius 3 is 1.60 bits per heavy atom. The van der Waals surface area contributed by atoms with E-state index in [4.69, 9.17) is 34.9 Å². The fourth-order valence-electron chi connectivity index (χ4n) is 7.43. The van der Waals surface area contributed by atoms with Crippen LogP contribution in [0, 0.1) is 5.92 Å². The van der Waals surface area contributed by atoms with E-state index in [-0.39, 0.29) is 94.5 Å². The Morgan fingerprint density at radius 1 is 0.522 bits per heavy atom. The number of amides is 2. The molecular formula is C49H85N5O13. The highest BCUT2D eigenvalue weighted by atomic mass is 16.5. The second-order valence-corrected chi connectivity index (χ2v) is 17.3. The Hall–Kier alpha value is -4.10. The van der Waals surface area contributed by atoms with Gasteiger partial charge in [0.1, 0.15) is 30.6 Å². The highest BCUT2D eigenvalue weighted by Crippen LogP contribution is 2.20. The van der Waals surface area contributed by atoms with Crippen LogP contribution in [-0.2, 0) is 58.9 Å². The third-order valence-corrected chi connectivity index (χ3v) is 11.3. The van der Waals surface area contributed by atoms with Crippen molar-refractivity contribution >= 4 is 41.1 Å². The Kier molecular flexibility index (Phi) is 39.3. The van der Waals surface area contributed by atoms with E-state index < -0.39 is 23.9 Å². The van der Waals surface area contributed by atoms with Crippen LogP contribution in [0.3, 0.4) is 0 Å². The van der Waals surface area contributed by atoms with Crippen LogP contribution >= 0.6 is 0 Å². The first-order valence-electron chi connectivity index (χ1n) is 25.1. The summed E-state index contributed by atoms with van der Waals surface area (Å²) in [6, 6.07) is -0.715. The number of imidazole rings is 1. The van der Waals surface area contributed by atoms with Gasteiger partial charge in [-0.3, -0.25) is 33.6 Å². The molecule has 0 aliphatic rings. The van der Waals surface area contributed by atoms with Crippen LogP contribution in [0.15, 0.2) is 12.5 Å². The summed E-state index contributed by atoms with van der Waals surface area (Å²) in [7, 11) is 0. The number of nitrogens with zero attached hydrogens (tertiary/aromatic N) is 1. The topological polar surface area (TPSA) is 276 Å². The summed E-state index contributed by atoms with van der Waals surface area (Å²) in [5.74, 6) is -2.56. The summed E-state index contributed by atoms with van der Waals surface area (Å²) >= 11 is 0.